The van der Waals surface area contributed by atoms with Crippen LogP contribution >= 0.6 is 0 Å². The summed E-state index contributed by atoms with van der Waals surface area (Å²) >= 11 is 0. The first kappa shape index (κ1) is 32.9. The summed E-state index contributed by atoms with van der Waals surface area (Å²) in [7, 11) is 0. The van der Waals surface area contributed by atoms with Crippen molar-refractivity contribution >= 4 is 17.7 Å². The number of rotatable bonds is 11. The van der Waals surface area contributed by atoms with Crippen LogP contribution in [0.25, 0.3) is 0 Å². The lowest BCUT2D eigenvalue weighted by atomic mass is 9.88. The van der Waals surface area contributed by atoms with Gasteiger partial charge in [-0.25, -0.2) is 13.6 Å². The lowest BCUT2D eigenvalue weighted by molar-refractivity contribution is -0.0453. The molecule has 0 saturated carbocycles. The van der Waals surface area contributed by atoms with E-state index in [2.05, 4.69) is 10.3 Å². The topological polar surface area (TPSA) is 161 Å². The van der Waals surface area contributed by atoms with Gasteiger partial charge < -0.3 is 36.8 Å². The predicted molar refractivity (Wildman–Crippen MR) is 173 cm³/mol. The number of nitrogens with zero attached hydrogens (tertiary/aromatic N) is 4. The number of amides is 2. The number of carbonyl (C=O) groups excluding carboxylic acids is 1. The summed E-state index contributed by atoms with van der Waals surface area (Å²) < 4.78 is 27.4. The molecular weight excluding hydrogens is 606 g/mol. The van der Waals surface area contributed by atoms with Gasteiger partial charge in [0.15, 0.2) is 11.7 Å². The molecule has 4 aromatic rings. The zero-order valence-electron chi connectivity index (χ0n) is 25.5. The van der Waals surface area contributed by atoms with Gasteiger partial charge in [0.05, 0.1) is 18.2 Å². The third kappa shape index (κ3) is 7.85. The van der Waals surface area contributed by atoms with Crippen molar-refractivity contribution in [2.75, 3.05) is 0 Å². The Kier molecular flexibility index (Phi) is 10.3. The fourth-order valence-electron chi connectivity index (χ4n) is 6.00. The van der Waals surface area contributed by atoms with Crippen molar-refractivity contribution in [3.63, 3.8) is 0 Å². The van der Waals surface area contributed by atoms with E-state index in [4.69, 9.17) is 11.5 Å². The maximum absolute atomic E-state index is 14.6. The van der Waals surface area contributed by atoms with Gasteiger partial charge in [-0.3, -0.25) is 0 Å². The lowest BCUT2D eigenvalue weighted by Gasteiger charge is -2.49. The second kappa shape index (κ2) is 14.7. The average Bonchev–Trinajstić information content (AvgIpc) is 3.09. The molecule has 47 heavy (non-hydrogen) atoms. The van der Waals surface area contributed by atoms with Gasteiger partial charge in [-0.05, 0) is 77.9 Å². The second-order valence-corrected chi connectivity index (χ2v) is 11.5. The SMILES string of the molecule is N/C(=N/O)c1cccc(CN2C(=O)N(Cc3cccc(/C(N)=N\O)c3)[C@H](Cc3ccc(F)cc3)[C@@H](O)[C@H]2CCc2ccc(F)cc2)c1. The molecule has 4 aromatic carbocycles. The van der Waals surface area contributed by atoms with E-state index in [9.17, 15) is 29.1 Å². The van der Waals surface area contributed by atoms with Gasteiger partial charge in [-0.2, -0.15) is 0 Å². The number of hydrogen-bond donors (Lipinski definition) is 5. The van der Waals surface area contributed by atoms with Crippen LogP contribution in [0, 0.1) is 11.6 Å². The molecule has 7 N–H and O–H groups in total. The molecular formula is C35H36F2N6O4. The summed E-state index contributed by atoms with van der Waals surface area (Å²) in [5, 5.41) is 36.7. The zero-order valence-corrected chi connectivity index (χ0v) is 25.5. The van der Waals surface area contributed by atoms with E-state index in [0.717, 1.165) is 11.1 Å². The summed E-state index contributed by atoms with van der Waals surface area (Å²) in [4.78, 5) is 17.8. The smallest absolute Gasteiger partial charge is 0.321 e. The van der Waals surface area contributed by atoms with Crippen LogP contribution in [0.5, 0.6) is 0 Å². The van der Waals surface area contributed by atoms with Gasteiger partial charge in [-0.15, -0.1) is 0 Å². The fraction of sp³-hybridized carbons (Fsp3) is 0.229. The van der Waals surface area contributed by atoms with Crippen molar-refractivity contribution < 1.29 is 29.1 Å². The normalized spacial score (nSPS) is 18.9. The largest absolute Gasteiger partial charge is 0.409 e. The molecule has 0 spiro atoms. The van der Waals surface area contributed by atoms with Gasteiger partial charge >= 0.3 is 6.03 Å². The van der Waals surface area contributed by atoms with Crippen LogP contribution in [0.4, 0.5) is 13.6 Å². The number of aliphatic hydroxyl groups is 1. The number of oxime groups is 2. The van der Waals surface area contributed by atoms with Crippen molar-refractivity contribution in [3.05, 3.63) is 142 Å². The zero-order chi connectivity index (χ0) is 33.5. The van der Waals surface area contributed by atoms with Crippen molar-refractivity contribution in [1.29, 1.82) is 0 Å². The maximum atomic E-state index is 14.6. The number of amidine groups is 2. The van der Waals surface area contributed by atoms with E-state index in [0.29, 0.717) is 35.1 Å². The Morgan fingerprint density at radius 2 is 1.15 bits per heavy atom. The Hall–Kier alpha value is -5.49. The monoisotopic (exact) mass is 642 g/mol. The number of aryl methyl sites for hydroxylation is 1. The number of benzene rings is 4. The molecule has 0 unspecified atom stereocenters. The van der Waals surface area contributed by atoms with Crippen LogP contribution in [0.3, 0.4) is 0 Å². The molecule has 10 nitrogen and oxygen atoms in total. The predicted octanol–water partition coefficient (Wildman–Crippen LogP) is 4.57. The summed E-state index contributed by atoms with van der Waals surface area (Å²) in [6.45, 7) is 0.181. The fourth-order valence-corrected chi connectivity index (χ4v) is 6.00. The summed E-state index contributed by atoms with van der Waals surface area (Å²) in [6, 6.07) is 24.1. The molecule has 3 atom stereocenters. The third-order valence-electron chi connectivity index (χ3n) is 8.45. The Balaban J connectivity index is 1.54. The minimum atomic E-state index is -1.06. The molecule has 244 valence electrons. The van der Waals surface area contributed by atoms with Crippen LogP contribution in [0.2, 0.25) is 0 Å². The number of halogens is 2. The quantitative estimate of drug-likeness (QED) is 0.0698. The van der Waals surface area contributed by atoms with Crippen LogP contribution < -0.4 is 11.5 Å². The molecule has 12 heteroatoms. The molecule has 0 radical (unpaired) electrons. The van der Waals surface area contributed by atoms with Crippen LogP contribution in [-0.4, -0.2) is 61.2 Å². The molecule has 5 rings (SSSR count). The summed E-state index contributed by atoms with van der Waals surface area (Å²) in [5.74, 6) is -0.938. The standard InChI is InChI=1S/C35H36F2N6O4/c36-28-12-7-22(8-13-28)11-16-30-32(44)31(19-23-9-14-29(37)15-10-23)43(21-25-4-2-6-27(18-25)34(39)41-47)35(45)42(30)20-24-3-1-5-26(17-24)33(38)40-46/h1-10,12-15,17-18,30-32,44,46-47H,11,16,19-21H2,(H2,38,40)(H2,39,41)/t30-,31-,32+/m1/s1. The maximum Gasteiger partial charge on any atom is 0.321 e. The highest BCUT2D eigenvalue weighted by Gasteiger charge is 2.45. The number of carbonyl (C=O) groups is 1. The summed E-state index contributed by atoms with van der Waals surface area (Å²) in [6.07, 6.45) is 0.0110. The Morgan fingerprint density at radius 1 is 0.681 bits per heavy atom. The van der Waals surface area contributed by atoms with E-state index >= 15 is 0 Å². The van der Waals surface area contributed by atoms with E-state index in [1.165, 1.54) is 24.3 Å². The van der Waals surface area contributed by atoms with Crippen LogP contribution in [0.1, 0.15) is 39.8 Å². The molecule has 1 saturated heterocycles. The molecule has 1 heterocycles. The molecule has 1 fully saturated rings. The second-order valence-electron chi connectivity index (χ2n) is 11.5. The van der Waals surface area contributed by atoms with Gasteiger partial charge in [0, 0.05) is 24.2 Å². The first-order chi connectivity index (χ1) is 22.7. The lowest BCUT2D eigenvalue weighted by Crippen LogP contribution is -2.66. The van der Waals surface area contributed by atoms with Crippen molar-refractivity contribution in [2.24, 2.45) is 21.8 Å². The molecule has 0 aromatic heterocycles. The highest BCUT2D eigenvalue weighted by molar-refractivity contribution is 5.97. The third-order valence-corrected chi connectivity index (χ3v) is 8.45. The Morgan fingerprint density at radius 3 is 1.64 bits per heavy atom. The highest BCUT2D eigenvalue weighted by Crippen LogP contribution is 2.31. The number of nitrogens with two attached hydrogens (primary N) is 2. The van der Waals surface area contributed by atoms with Crippen LogP contribution in [0.15, 0.2) is 107 Å². The van der Waals surface area contributed by atoms with Gasteiger partial charge in [0.2, 0.25) is 0 Å². The molecule has 1 aliphatic rings. The van der Waals surface area contributed by atoms with Crippen LogP contribution in [-0.2, 0) is 25.9 Å². The first-order valence-corrected chi connectivity index (χ1v) is 15.0. The van der Waals surface area contributed by atoms with Crippen molar-refractivity contribution in [1.82, 2.24) is 9.80 Å². The number of aliphatic hydroxyl groups excluding tert-OH is 1. The minimum absolute atomic E-state index is 0.0830. The molecule has 0 aliphatic carbocycles. The Bertz CT molecular complexity index is 1750. The summed E-state index contributed by atoms with van der Waals surface area (Å²) in [5.41, 5.74) is 15.5. The average molecular weight is 643 g/mol. The van der Waals surface area contributed by atoms with Crippen molar-refractivity contribution in [2.45, 2.75) is 50.5 Å². The van der Waals surface area contributed by atoms with Gasteiger partial charge in [0.25, 0.3) is 0 Å². The molecule has 0 bridgehead atoms. The number of hydrogen-bond acceptors (Lipinski definition) is 6. The molecule has 2 amide bonds. The van der Waals surface area contributed by atoms with E-state index < -0.39 is 24.0 Å². The Labute approximate surface area is 270 Å². The minimum Gasteiger partial charge on any atom is -0.409 e. The van der Waals surface area contributed by atoms with E-state index in [-0.39, 0.29) is 43.0 Å². The molecule has 1 aliphatic heterocycles. The van der Waals surface area contributed by atoms with E-state index in [1.807, 2.05) is 0 Å². The van der Waals surface area contributed by atoms with E-state index in [1.54, 1.807) is 82.6 Å². The number of urea groups is 1. The van der Waals surface area contributed by atoms with Gasteiger partial charge in [-0.1, -0.05) is 71.0 Å². The first-order valence-electron chi connectivity index (χ1n) is 15.0. The van der Waals surface area contributed by atoms with Crippen molar-refractivity contribution in [3.8, 4) is 0 Å². The highest BCUT2D eigenvalue weighted by atomic mass is 19.1. The van der Waals surface area contributed by atoms with Gasteiger partial charge in [0.1, 0.15) is 11.6 Å².